The van der Waals surface area contributed by atoms with Crippen LogP contribution in [0.2, 0.25) is 0 Å². The standard InChI is InChI=1S/C12H26O2/c1-4-6-7-8-12(11(3)5-2)14-10-9-13/h11-13H,4-10H2,1-3H3. The third-order valence-corrected chi connectivity index (χ3v) is 2.79. The Hall–Kier alpha value is -0.0800. The van der Waals surface area contributed by atoms with Crippen molar-refractivity contribution >= 4 is 0 Å². The van der Waals surface area contributed by atoms with Crippen molar-refractivity contribution in [1.29, 1.82) is 0 Å². The summed E-state index contributed by atoms with van der Waals surface area (Å²) in [5, 5.41) is 8.72. The highest BCUT2D eigenvalue weighted by Gasteiger charge is 2.15. The van der Waals surface area contributed by atoms with Gasteiger partial charge in [0.25, 0.3) is 0 Å². The summed E-state index contributed by atoms with van der Waals surface area (Å²) in [6.07, 6.45) is 6.43. The molecule has 0 aliphatic rings. The lowest BCUT2D eigenvalue weighted by molar-refractivity contribution is -0.00787. The Bertz CT molecular complexity index is 115. The molecule has 0 aromatic rings. The SMILES string of the molecule is CCCCCC(OCCO)C(C)CC. The van der Waals surface area contributed by atoms with Crippen molar-refractivity contribution in [3.05, 3.63) is 0 Å². The van der Waals surface area contributed by atoms with Gasteiger partial charge in [-0.15, -0.1) is 0 Å². The molecule has 0 aliphatic heterocycles. The molecule has 0 heterocycles. The molecule has 2 heteroatoms. The number of rotatable bonds is 9. The molecule has 1 N–H and O–H groups in total. The Kier molecular flexibility index (Phi) is 9.42. The fraction of sp³-hybridized carbons (Fsp3) is 1.00. The molecule has 0 spiro atoms. The van der Waals surface area contributed by atoms with Gasteiger partial charge in [-0.25, -0.2) is 0 Å². The Morgan fingerprint density at radius 2 is 1.93 bits per heavy atom. The van der Waals surface area contributed by atoms with Gasteiger partial charge in [0, 0.05) is 0 Å². The van der Waals surface area contributed by atoms with Crippen LogP contribution >= 0.6 is 0 Å². The molecule has 0 radical (unpaired) electrons. The van der Waals surface area contributed by atoms with Gasteiger partial charge < -0.3 is 9.84 Å². The first-order chi connectivity index (χ1) is 6.76. The van der Waals surface area contributed by atoms with Crippen LogP contribution in [0.15, 0.2) is 0 Å². The monoisotopic (exact) mass is 202 g/mol. The predicted molar refractivity (Wildman–Crippen MR) is 60.4 cm³/mol. The van der Waals surface area contributed by atoms with E-state index in [1.54, 1.807) is 0 Å². The number of aliphatic hydroxyl groups excluding tert-OH is 1. The third-order valence-electron chi connectivity index (χ3n) is 2.79. The number of ether oxygens (including phenoxy) is 1. The minimum Gasteiger partial charge on any atom is -0.394 e. The fourth-order valence-electron chi connectivity index (χ4n) is 1.59. The highest BCUT2D eigenvalue weighted by molar-refractivity contribution is 4.65. The molecular formula is C12H26O2. The quantitative estimate of drug-likeness (QED) is 0.582. The van der Waals surface area contributed by atoms with Crippen molar-refractivity contribution in [2.75, 3.05) is 13.2 Å². The average molecular weight is 202 g/mol. The second-order valence-electron chi connectivity index (χ2n) is 4.01. The lowest BCUT2D eigenvalue weighted by atomic mass is 9.97. The van der Waals surface area contributed by atoms with E-state index in [0.717, 1.165) is 12.8 Å². The smallest absolute Gasteiger partial charge is 0.0701 e. The van der Waals surface area contributed by atoms with E-state index in [1.807, 2.05) is 0 Å². The van der Waals surface area contributed by atoms with Gasteiger partial charge in [0.15, 0.2) is 0 Å². The molecular weight excluding hydrogens is 176 g/mol. The summed E-state index contributed by atoms with van der Waals surface area (Å²) in [6, 6.07) is 0. The zero-order valence-electron chi connectivity index (χ0n) is 9.96. The van der Waals surface area contributed by atoms with E-state index < -0.39 is 0 Å². The van der Waals surface area contributed by atoms with E-state index in [9.17, 15) is 0 Å². The maximum absolute atomic E-state index is 8.72. The van der Waals surface area contributed by atoms with Crippen LogP contribution in [0.4, 0.5) is 0 Å². The lowest BCUT2D eigenvalue weighted by Gasteiger charge is -2.23. The van der Waals surface area contributed by atoms with Crippen LogP contribution in [0.5, 0.6) is 0 Å². The van der Waals surface area contributed by atoms with E-state index in [2.05, 4.69) is 20.8 Å². The molecule has 14 heavy (non-hydrogen) atoms. The average Bonchev–Trinajstić information content (AvgIpc) is 2.22. The Morgan fingerprint density at radius 3 is 2.43 bits per heavy atom. The maximum Gasteiger partial charge on any atom is 0.0701 e. The lowest BCUT2D eigenvalue weighted by Crippen LogP contribution is -2.23. The fourth-order valence-corrected chi connectivity index (χ4v) is 1.59. The number of hydrogen-bond donors (Lipinski definition) is 1. The van der Waals surface area contributed by atoms with Crippen LogP contribution in [0.1, 0.15) is 52.9 Å². The first kappa shape index (κ1) is 13.9. The molecule has 0 aromatic carbocycles. The van der Waals surface area contributed by atoms with Crippen molar-refractivity contribution in [2.45, 2.75) is 59.0 Å². The zero-order chi connectivity index (χ0) is 10.8. The summed E-state index contributed by atoms with van der Waals surface area (Å²) >= 11 is 0. The van der Waals surface area contributed by atoms with Crippen LogP contribution in [0.25, 0.3) is 0 Å². The molecule has 0 bridgehead atoms. The number of unbranched alkanes of at least 4 members (excludes halogenated alkanes) is 2. The van der Waals surface area contributed by atoms with E-state index in [-0.39, 0.29) is 6.61 Å². The van der Waals surface area contributed by atoms with Gasteiger partial charge in [-0.2, -0.15) is 0 Å². The minimum atomic E-state index is 0.140. The zero-order valence-corrected chi connectivity index (χ0v) is 9.96. The van der Waals surface area contributed by atoms with Gasteiger partial charge in [0.1, 0.15) is 0 Å². The maximum atomic E-state index is 8.72. The van der Waals surface area contributed by atoms with E-state index in [1.165, 1.54) is 19.3 Å². The summed E-state index contributed by atoms with van der Waals surface area (Å²) in [5.74, 6) is 0.610. The van der Waals surface area contributed by atoms with Crippen molar-refractivity contribution in [1.82, 2.24) is 0 Å². The van der Waals surface area contributed by atoms with Gasteiger partial charge in [0.05, 0.1) is 19.3 Å². The summed E-state index contributed by atoms with van der Waals surface area (Å²) in [6.45, 7) is 7.27. The van der Waals surface area contributed by atoms with Crippen LogP contribution in [0, 0.1) is 5.92 Å². The molecule has 86 valence electrons. The molecule has 2 unspecified atom stereocenters. The predicted octanol–water partition coefficient (Wildman–Crippen LogP) is 2.99. The molecule has 2 atom stereocenters. The summed E-state index contributed by atoms with van der Waals surface area (Å²) in [4.78, 5) is 0. The second-order valence-corrected chi connectivity index (χ2v) is 4.01. The van der Waals surface area contributed by atoms with Gasteiger partial charge >= 0.3 is 0 Å². The van der Waals surface area contributed by atoms with Crippen molar-refractivity contribution < 1.29 is 9.84 Å². The van der Waals surface area contributed by atoms with E-state index in [4.69, 9.17) is 9.84 Å². The molecule has 0 amide bonds. The highest BCUT2D eigenvalue weighted by atomic mass is 16.5. The summed E-state index contributed by atoms with van der Waals surface area (Å²) in [5.41, 5.74) is 0. The Balaban J connectivity index is 3.72. The van der Waals surface area contributed by atoms with Crippen LogP contribution in [0.3, 0.4) is 0 Å². The molecule has 0 rings (SSSR count). The minimum absolute atomic E-state index is 0.140. The van der Waals surface area contributed by atoms with Crippen molar-refractivity contribution in [3.63, 3.8) is 0 Å². The van der Waals surface area contributed by atoms with Crippen LogP contribution < -0.4 is 0 Å². The van der Waals surface area contributed by atoms with E-state index in [0.29, 0.717) is 18.6 Å². The molecule has 2 nitrogen and oxygen atoms in total. The van der Waals surface area contributed by atoms with Gasteiger partial charge in [-0.05, 0) is 12.3 Å². The molecule has 0 aromatic heterocycles. The summed E-state index contributed by atoms with van der Waals surface area (Å²) < 4.78 is 5.64. The third kappa shape index (κ3) is 6.39. The van der Waals surface area contributed by atoms with Gasteiger partial charge in [-0.3, -0.25) is 0 Å². The van der Waals surface area contributed by atoms with Gasteiger partial charge in [0.2, 0.25) is 0 Å². The Labute approximate surface area is 88.7 Å². The van der Waals surface area contributed by atoms with Crippen LogP contribution in [-0.4, -0.2) is 24.4 Å². The van der Waals surface area contributed by atoms with Crippen molar-refractivity contribution in [2.24, 2.45) is 5.92 Å². The number of hydrogen-bond acceptors (Lipinski definition) is 2. The largest absolute Gasteiger partial charge is 0.394 e. The van der Waals surface area contributed by atoms with Crippen LogP contribution in [-0.2, 0) is 4.74 Å². The highest BCUT2D eigenvalue weighted by Crippen LogP contribution is 2.17. The molecule has 0 fully saturated rings. The van der Waals surface area contributed by atoms with Crippen molar-refractivity contribution in [3.8, 4) is 0 Å². The first-order valence-corrected chi connectivity index (χ1v) is 5.98. The molecule has 0 saturated carbocycles. The first-order valence-electron chi connectivity index (χ1n) is 5.98. The summed E-state index contributed by atoms with van der Waals surface area (Å²) in [7, 11) is 0. The Morgan fingerprint density at radius 1 is 1.21 bits per heavy atom. The van der Waals surface area contributed by atoms with Gasteiger partial charge in [-0.1, -0.05) is 46.5 Å². The topological polar surface area (TPSA) is 29.5 Å². The molecule has 0 aliphatic carbocycles. The molecule has 0 saturated heterocycles. The normalized spacial score (nSPS) is 15.4. The second kappa shape index (κ2) is 9.47. The van der Waals surface area contributed by atoms with E-state index >= 15 is 0 Å². The number of aliphatic hydroxyl groups is 1.